The maximum Gasteiger partial charge on any atom is 0.416 e. The molecule has 1 atom stereocenters. The van der Waals surface area contributed by atoms with Gasteiger partial charge in [-0.05, 0) is 66.8 Å². The first-order valence-corrected chi connectivity index (χ1v) is 11.0. The summed E-state index contributed by atoms with van der Waals surface area (Å²) in [6, 6.07) is 14.3. The summed E-state index contributed by atoms with van der Waals surface area (Å²) in [6.07, 6.45) is -1.85. The van der Waals surface area contributed by atoms with E-state index in [0.717, 1.165) is 28.6 Å². The number of fused-ring (bicyclic) bond motifs is 1. The van der Waals surface area contributed by atoms with Gasteiger partial charge in [0.2, 0.25) is 5.88 Å². The Labute approximate surface area is 199 Å². The molecule has 7 nitrogen and oxygen atoms in total. The molecule has 0 bridgehead atoms. The van der Waals surface area contributed by atoms with E-state index in [-0.39, 0.29) is 17.7 Å². The normalized spacial score (nSPS) is 16.5. The number of nitrogens with one attached hydrogen (secondary N) is 1. The van der Waals surface area contributed by atoms with Crippen molar-refractivity contribution in [2.24, 2.45) is 12.0 Å². The van der Waals surface area contributed by atoms with Crippen molar-refractivity contribution in [1.82, 2.24) is 20.2 Å². The zero-order chi connectivity index (χ0) is 24.6. The molecule has 4 aromatic rings. The standard InChI is InChI=1S/C25H22F3N5O2/c1-15-12-20(24(31-30-15)35-19-5-3-4-18(14-19)25(26,27)28)23-29-21(9-11-34-32-23)16-6-7-22-17(13-16)8-10-33(22)2/h3-8,10,12-14,21H,9,11H2,1-2H3,(H,29,32). The molecule has 0 saturated carbocycles. The molecule has 0 radical (unpaired) electrons. The molecule has 10 heteroatoms. The van der Waals surface area contributed by atoms with Crippen LogP contribution in [0.2, 0.25) is 0 Å². The van der Waals surface area contributed by atoms with E-state index in [1.54, 1.807) is 13.0 Å². The Morgan fingerprint density at radius 1 is 1.09 bits per heavy atom. The quantitative estimate of drug-likeness (QED) is 0.417. The van der Waals surface area contributed by atoms with Gasteiger partial charge in [-0.2, -0.15) is 18.3 Å². The highest BCUT2D eigenvalue weighted by Crippen LogP contribution is 2.34. The Balaban J connectivity index is 1.51. The van der Waals surface area contributed by atoms with Crippen LogP contribution in [0.1, 0.15) is 34.8 Å². The average Bonchev–Trinajstić information content (AvgIpc) is 3.04. The topological polar surface area (TPSA) is 73.6 Å². The van der Waals surface area contributed by atoms with Crippen molar-refractivity contribution in [1.29, 1.82) is 0 Å². The molecule has 2 aromatic heterocycles. The molecule has 0 spiro atoms. The Bertz CT molecular complexity index is 1410. The fraction of sp³-hybridized carbons (Fsp3) is 0.240. The second kappa shape index (κ2) is 9.03. The second-order valence-corrected chi connectivity index (χ2v) is 8.31. The van der Waals surface area contributed by atoms with E-state index in [0.29, 0.717) is 30.1 Å². The molecule has 1 N–H and O–H groups in total. The lowest BCUT2D eigenvalue weighted by molar-refractivity contribution is -0.137. The Morgan fingerprint density at radius 2 is 1.94 bits per heavy atom. The molecule has 180 valence electrons. The number of nitrogens with zero attached hydrogens (tertiary/aromatic N) is 4. The summed E-state index contributed by atoms with van der Waals surface area (Å²) in [5.41, 5.74) is 5.19. The number of aryl methyl sites for hydroxylation is 2. The highest BCUT2D eigenvalue weighted by molar-refractivity contribution is 6.00. The summed E-state index contributed by atoms with van der Waals surface area (Å²) < 4.78 is 47.2. The predicted molar refractivity (Wildman–Crippen MR) is 124 cm³/mol. The van der Waals surface area contributed by atoms with Crippen LogP contribution >= 0.6 is 0 Å². The van der Waals surface area contributed by atoms with Crippen LogP contribution in [-0.4, -0.2) is 27.2 Å². The summed E-state index contributed by atoms with van der Waals surface area (Å²) in [6.45, 7) is 2.16. The van der Waals surface area contributed by atoms with Crippen LogP contribution in [0.25, 0.3) is 10.9 Å². The van der Waals surface area contributed by atoms with E-state index in [9.17, 15) is 13.2 Å². The van der Waals surface area contributed by atoms with E-state index in [2.05, 4.69) is 27.8 Å². The molecule has 5 rings (SSSR count). The van der Waals surface area contributed by atoms with Crippen molar-refractivity contribution in [2.45, 2.75) is 25.6 Å². The molecule has 0 aliphatic carbocycles. The molecular weight excluding hydrogens is 459 g/mol. The molecule has 1 aliphatic rings. The molecule has 3 heterocycles. The molecule has 35 heavy (non-hydrogen) atoms. The number of hydrogen-bond acceptors (Lipinski definition) is 6. The van der Waals surface area contributed by atoms with Gasteiger partial charge in [0.05, 0.1) is 29.5 Å². The number of alkyl halides is 3. The summed E-state index contributed by atoms with van der Waals surface area (Å²) in [4.78, 5) is 10.5. The minimum Gasteiger partial charge on any atom is -0.437 e. The maximum atomic E-state index is 13.1. The van der Waals surface area contributed by atoms with E-state index < -0.39 is 11.7 Å². The first kappa shape index (κ1) is 22.9. The van der Waals surface area contributed by atoms with Gasteiger partial charge in [-0.3, -0.25) is 9.83 Å². The SMILES string of the molecule is Cc1cc(C2=NC(c3ccc4c(ccn4C)c3)CCON2)c(Oc2cccc(C(F)(F)F)c2)nn1. The highest BCUT2D eigenvalue weighted by atomic mass is 19.4. The number of benzene rings is 2. The fourth-order valence-corrected chi connectivity index (χ4v) is 3.98. The van der Waals surface area contributed by atoms with Crippen LogP contribution in [0.5, 0.6) is 11.6 Å². The molecule has 2 aromatic carbocycles. The first-order valence-electron chi connectivity index (χ1n) is 11.0. The highest BCUT2D eigenvalue weighted by Gasteiger charge is 2.31. The molecular formula is C25H22F3N5O2. The van der Waals surface area contributed by atoms with Crippen molar-refractivity contribution >= 4 is 16.7 Å². The van der Waals surface area contributed by atoms with Gasteiger partial charge in [-0.25, -0.2) is 5.48 Å². The lowest BCUT2D eigenvalue weighted by Crippen LogP contribution is -2.24. The van der Waals surface area contributed by atoms with Crippen molar-refractivity contribution in [3.8, 4) is 11.6 Å². The van der Waals surface area contributed by atoms with Crippen LogP contribution in [0.3, 0.4) is 0 Å². The van der Waals surface area contributed by atoms with Crippen molar-refractivity contribution in [3.05, 3.63) is 83.2 Å². The summed E-state index contributed by atoms with van der Waals surface area (Å²) in [5, 5.41) is 9.20. The molecule has 0 amide bonds. The average molecular weight is 481 g/mol. The van der Waals surface area contributed by atoms with Gasteiger partial charge in [-0.15, -0.1) is 5.10 Å². The number of hydrogen-bond donors (Lipinski definition) is 1. The zero-order valence-electron chi connectivity index (χ0n) is 19.0. The Hall–Kier alpha value is -3.92. The lowest BCUT2D eigenvalue weighted by atomic mass is 10.0. The van der Waals surface area contributed by atoms with Gasteiger partial charge in [0.25, 0.3) is 0 Å². The molecule has 0 fully saturated rings. The van der Waals surface area contributed by atoms with E-state index in [1.165, 1.54) is 12.1 Å². The molecule has 1 unspecified atom stereocenters. The number of aliphatic imine (C=N–C) groups is 1. The third-order valence-electron chi connectivity index (χ3n) is 5.75. The first-order chi connectivity index (χ1) is 16.8. The van der Waals surface area contributed by atoms with Crippen LogP contribution in [0.15, 0.2) is 65.8 Å². The minimum atomic E-state index is -4.49. The maximum absolute atomic E-state index is 13.1. The Morgan fingerprint density at radius 3 is 2.77 bits per heavy atom. The van der Waals surface area contributed by atoms with Gasteiger partial charge in [-0.1, -0.05) is 12.1 Å². The third-order valence-corrected chi connectivity index (χ3v) is 5.75. The second-order valence-electron chi connectivity index (χ2n) is 8.31. The third kappa shape index (κ3) is 4.83. The van der Waals surface area contributed by atoms with Gasteiger partial charge in [0.15, 0.2) is 5.84 Å². The fourth-order valence-electron chi connectivity index (χ4n) is 3.98. The number of hydroxylamine groups is 1. The van der Waals surface area contributed by atoms with Crippen LogP contribution < -0.4 is 10.2 Å². The van der Waals surface area contributed by atoms with Gasteiger partial charge >= 0.3 is 6.18 Å². The van der Waals surface area contributed by atoms with Crippen LogP contribution in [0.4, 0.5) is 13.2 Å². The monoisotopic (exact) mass is 481 g/mol. The van der Waals surface area contributed by atoms with Gasteiger partial charge in [0.1, 0.15) is 5.75 Å². The van der Waals surface area contributed by atoms with E-state index in [4.69, 9.17) is 14.6 Å². The van der Waals surface area contributed by atoms with Gasteiger partial charge in [0, 0.05) is 18.8 Å². The van der Waals surface area contributed by atoms with Gasteiger partial charge < -0.3 is 9.30 Å². The number of rotatable bonds is 4. The van der Waals surface area contributed by atoms with Crippen molar-refractivity contribution in [2.75, 3.05) is 6.61 Å². The van der Waals surface area contributed by atoms with E-state index in [1.807, 2.05) is 29.9 Å². The smallest absolute Gasteiger partial charge is 0.416 e. The molecule has 0 saturated heterocycles. The van der Waals surface area contributed by atoms with Crippen LogP contribution in [0, 0.1) is 6.92 Å². The number of halogens is 3. The van der Waals surface area contributed by atoms with Crippen LogP contribution in [-0.2, 0) is 18.1 Å². The molecule has 1 aliphatic heterocycles. The predicted octanol–water partition coefficient (Wildman–Crippen LogP) is 5.50. The number of ether oxygens (including phenoxy) is 1. The summed E-state index contributed by atoms with van der Waals surface area (Å²) >= 11 is 0. The lowest BCUT2D eigenvalue weighted by Gasteiger charge is -2.15. The zero-order valence-corrected chi connectivity index (χ0v) is 19.0. The summed E-state index contributed by atoms with van der Waals surface area (Å²) in [7, 11) is 1.99. The number of amidine groups is 1. The van der Waals surface area contributed by atoms with E-state index >= 15 is 0 Å². The largest absolute Gasteiger partial charge is 0.437 e. The van der Waals surface area contributed by atoms with Crippen molar-refractivity contribution < 1.29 is 22.7 Å². The number of aromatic nitrogens is 3. The Kier molecular flexibility index (Phi) is 5.89. The van der Waals surface area contributed by atoms with Crippen molar-refractivity contribution in [3.63, 3.8) is 0 Å². The minimum absolute atomic E-state index is 0.0135. The summed E-state index contributed by atoms with van der Waals surface area (Å²) in [5.74, 6) is 0.366.